The zero-order valence-electron chi connectivity index (χ0n) is 21.1. The number of para-hydroxylation sites is 1. The van der Waals surface area contributed by atoms with Crippen LogP contribution in [0.15, 0.2) is 65.7 Å². The molecule has 0 aliphatic carbocycles. The second kappa shape index (κ2) is 10.8. The molecule has 38 heavy (non-hydrogen) atoms. The van der Waals surface area contributed by atoms with Gasteiger partial charge in [0.1, 0.15) is 12.0 Å². The molecule has 1 aliphatic rings. The normalized spacial score (nSPS) is 15.7. The molecule has 202 valence electrons. The molecule has 3 aromatic rings. The third-order valence-electron chi connectivity index (χ3n) is 6.30. The van der Waals surface area contributed by atoms with Crippen LogP contribution in [0.1, 0.15) is 40.4 Å². The summed E-state index contributed by atoms with van der Waals surface area (Å²) in [4.78, 5) is 6.78. The van der Waals surface area contributed by atoms with E-state index in [2.05, 4.69) is 15.5 Å². The molecule has 1 heterocycles. The van der Waals surface area contributed by atoms with Gasteiger partial charge in [-0.3, -0.25) is 5.32 Å². The maximum Gasteiger partial charge on any atom is 0.416 e. The number of aryl methyl sites for hydroxylation is 1. The van der Waals surface area contributed by atoms with Gasteiger partial charge in [0.25, 0.3) is 0 Å². The van der Waals surface area contributed by atoms with Crippen LogP contribution < -0.4 is 10.6 Å². The molecule has 0 fully saturated rings. The van der Waals surface area contributed by atoms with Crippen LogP contribution in [0.5, 0.6) is 0 Å². The van der Waals surface area contributed by atoms with Crippen LogP contribution in [0.3, 0.4) is 0 Å². The maximum atomic E-state index is 13.9. The van der Waals surface area contributed by atoms with Crippen molar-refractivity contribution in [2.24, 2.45) is 4.99 Å². The number of aliphatic imine (C=N–C) groups is 1. The van der Waals surface area contributed by atoms with E-state index in [1.54, 1.807) is 0 Å². The van der Waals surface area contributed by atoms with Gasteiger partial charge in [-0.1, -0.05) is 30.3 Å². The fraction of sp³-hybridized carbons (Fsp3) is 0.321. The highest BCUT2D eigenvalue weighted by Crippen LogP contribution is 2.37. The Balaban J connectivity index is 1.75. The number of amidine groups is 1. The molecule has 1 atom stereocenters. The molecule has 4 rings (SSSR count). The van der Waals surface area contributed by atoms with Gasteiger partial charge in [-0.2, -0.15) is 26.3 Å². The number of anilines is 1. The topological polar surface area (TPSA) is 39.7 Å². The summed E-state index contributed by atoms with van der Waals surface area (Å²) in [6.07, 6.45) is -8.83. The lowest BCUT2D eigenvalue weighted by molar-refractivity contribution is -0.138. The summed E-state index contributed by atoms with van der Waals surface area (Å²) in [5, 5.41) is 6.58. The van der Waals surface area contributed by atoms with Crippen molar-refractivity contribution in [1.82, 2.24) is 10.2 Å². The van der Waals surface area contributed by atoms with Crippen LogP contribution >= 0.6 is 0 Å². The number of hydrogen-bond acceptors (Lipinski definition) is 4. The first-order valence-electron chi connectivity index (χ1n) is 12.1. The van der Waals surface area contributed by atoms with Crippen LogP contribution in [0.2, 0.25) is 0 Å². The first kappa shape index (κ1) is 27.7. The Hall–Kier alpha value is -3.37. The number of alkyl halides is 6. The van der Waals surface area contributed by atoms with Crippen LogP contribution in [0.4, 0.5) is 32.0 Å². The molecular weight excluding hydrogens is 506 g/mol. The highest BCUT2D eigenvalue weighted by atomic mass is 19.4. The Morgan fingerprint density at radius 2 is 1.50 bits per heavy atom. The quantitative estimate of drug-likeness (QED) is 0.251. The number of nitrogens with zero attached hydrogens (tertiary/aromatic N) is 2. The van der Waals surface area contributed by atoms with Crippen molar-refractivity contribution < 1.29 is 26.3 Å². The summed E-state index contributed by atoms with van der Waals surface area (Å²) in [6, 6.07) is 13.2. The zero-order chi connectivity index (χ0) is 27.7. The molecule has 0 saturated carbocycles. The van der Waals surface area contributed by atoms with E-state index in [0.717, 1.165) is 54.0 Å². The monoisotopic (exact) mass is 534 g/mol. The Bertz CT molecular complexity index is 1310. The number of fused-ring (bicyclic) bond motifs is 1. The van der Waals surface area contributed by atoms with Gasteiger partial charge in [-0.05, 0) is 87.6 Å². The minimum Gasteiger partial charge on any atom is -0.339 e. The third-order valence-corrected chi connectivity index (χ3v) is 6.30. The van der Waals surface area contributed by atoms with Gasteiger partial charge in [0, 0.05) is 16.8 Å². The van der Waals surface area contributed by atoms with Gasteiger partial charge in [-0.15, -0.1) is 0 Å². The van der Waals surface area contributed by atoms with Gasteiger partial charge in [0.05, 0.1) is 11.1 Å². The van der Waals surface area contributed by atoms with Crippen molar-refractivity contribution in [2.45, 2.75) is 31.9 Å². The van der Waals surface area contributed by atoms with Gasteiger partial charge in [0.2, 0.25) is 0 Å². The minimum absolute atomic E-state index is 0.138. The number of halogens is 6. The predicted molar refractivity (Wildman–Crippen MR) is 137 cm³/mol. The number of rotatable bonds is 7. The molecule has 1 unspecified atom stereocenters. The van der Waals surface area contributed by atoms with Crippen molar-refractivity contribution in [3.8, 4) is 11.1 Å². The van der Waals surface area contributed by atoms with Gasteiger partial charge >= 0.3 is 12.4 Å². The SMILES string of the molecule is Cc1cccc2c1NC(c1cc(-c3ccc(C(F)(F)F)cc3)cc(C(F)(F)F)c1)=NC2NCCCN(C)C. The number of hydrogen-bond donors (Lipinski definition) is 2. The average Bonchev–Trinajstić information content (AvgIpc) is 2.85. The molecule has 0 aromatic heterocycles. The Labute approximate surface area is 217 Å². The molecule has 4 nitrogen and oxygen atoms in total. The highest BCUT2D eigenvalue weighted by molar-refractivity contribution is 6.10. The van der Waals surface area contributed by atoms with Crippen LogP contribution in [0, 0.1) is 6.92 Å². The van der Waals surface area contributed by atoms with E-state index in [1.165, 1.54) is 18.2 Å². The first-order valence-corrected chi connectivity index (χ1v) is 12.1. The number of nitrogens with one attached hydrogen (secondary N) is 2. The Morgan fingerprint density at radius 1 is 0.842 bits per heavy atom. The molecule has 1 aliphatic heterocycles. The molecule has 0 spiro atoms. The average molecular weight is 535 g/mol. The van der Waals surface area contributed by atoms with E-state index in [9.17, 15) is 26.3 Å². The summed E-state index contributed by atoms with van der Waals surface area (Å²) in [7, 11) is 3.95. The Kier molecular flexibility index (Phi) is 7.85. The fourth-order valence-corrected chi connectivity index (χ4v) is 4.32. The smallest absolute Gasteiger partial charge is 0.339 e. The molecule has 0 amide bonds. The second-order valence-electron chi connectivity index (χ2n) is 9.53. The standard InChI is InChI=1S/C28H28F6N4/c1-17-6-4-7-23-24(17)36-25(37-26(23)35-12-5-13-38(2)3)20-14-19(15-22(16-20)28(32,33)34)18-8-10-21(11-9-18)27(29,30)31/h4,6-11,14-16,26,35H,5,12-13H2,1-3H3,(H,36,37). The molecule has 3 aromatic carbocycles. The van der Waals surface area contributed by atoms with E-state index in [1.807, 2.05) is 39.2 Å². The zero-order valence-corrected chi connectivity index (χ0v) is 21.1. The van der Waals surface area contributed by atoms with Crippen LogP contribution in [-0.4, -0.2) is 37.9 Å². The van der Waals surface area contributed by atoms with E-state index in [-0.39, 0.29) is 22.5 Å². The number of benzene rings is 3. The predicted octanol–water partition coefficient (Wildman–Crippen LogP) is 7.11. The van der Waals surface area contributed by atoms with E-state index < -0.39 is 29.6 Å². The van der Waals surface area contributed by atoms with E-state index in [0.29, 0.717) is 6.54 Å². The molecule has 0 radical (unpaired) electrons. The van der Waals surface area contributed by atoms with Crippen molar-refractivity contribution in [3.63, 3.8) is 0 Å². The molecule has 0 bridgehead atoms. The van der Waals surface area contributed by atoms with Crippen LogP contribution in [0.25, 0.3) is 11.1 Å². The summed E-state index contributed by atoms with van der Waals surface area (Å²) >= 11 is 0. The van der Waals surface area contributed by atoms with E-state index >= 15 is 0 Å². The molecule has 10 heteroatoms. The van der Waals surface area contributed by atoms with Crippen molar-refractivity contribution in [2.75, 3.05) is 32.5 Å². The van der Waals surface area contributed by atoms with E-state index in [4.69, 9.17) is 4.99 Å². The fourth-order valence-electron chi connectivity index (χ4n) is 4.32. The van der Waals surface area contributed by atoms with Gasteiger partial charge in [0.15, 0.2) is 0 Å². The molecule has 0 saturated heterocycles. The lowest BCUT2D eigenvalue weighted by Crippen LogP contribution is -2.31. The lowest BCUT2D eigenvalue weighted by Gasteiger charge is -2.28. The molecular formula is C28H28F6N4. The van der Waals surface area contributed by atoms with Crippen molar-refractivity contribution in [1.29, 1.82) is 0 Å². The summed E-state index contributed by atoms with van der Waals surface area (Å²) in [5.74, 6) is 0.246. The molecule has 2 N–H and O–H groups in total. The third kappa shape index (κ3) is 6.36. The van der Waals surface area contributed by atoms with Gasteiger partial charge < -0.3 is 10.2 Å². The largest absolute Gasteiger partial charge is 0.416 e. The Morgan fingerprint density at radius 3 is 2.13 bits per heavy atom. The maximum absolute atomic E-state index is 13.9. The second-order valence-corrected chi connectivity index (χ2v) is 9.53. The first-order chi connectivity index (χ1) is 17.8. The van der Waals surface area contributed by atoms with Crippen molar-refractivity contribution >= 4 is 11.5 Å². The van der Waals surface area contributed by atoms with Gasteiger partial charge in [-0.25, -0.2) is 4.99 Å². The lowest BCUT2D eigenvalue weighted by atomic mass is 9.96. The minimum atomic E-state index is -4.66. The van der Waals surface area contributed by atoms with Crippen LogP contribution in [-0.2, 0) is 12.4 Å². The van der Waals surface area contributed by atoms with Crippen molar-refractivity contribution in [3.05, 3.63) is 88.5 Å². The summed E-state index contributed by atoms with van der Waals surface area (Å²) in [6.45, 7) is 3.41. The summed E-state index contributed by atoms with van der Waals surface area (Å²) < 4.78 is 80.7. The summed E-state index contributed by atoms with van der Waals surface area (Å²) in [5.41, 5.74) is 1.32. The highest BCUT2D eigenvalue weighted by Gasteiger charge is 2.33.